The third kappa shape index (κ3) is 3.06. The van der Waals surface area contributed by atoms with Crippen LogP contribution in [-0.4, -0.2) is 10.9 Å². The van der Waals surface area contributed by atoms with Gasteiger partial charge < -0.3 is 5.32 Å². The van der Waals surface area contributed by atoms with Gasteiger partial charge in [-0.2, -0.15) is 0 Å². The van der Waals surface area contributed by atoms with E-state index in [1.54, 1.807) is 19.1 Å². The number of aryl methyl sites for hydroxylation is 3. The minimum atomic E-state index is -0.318. The third-order valence-corrected chi connectivity index (χ3v) is 3.77. The number of amides is 1. The van der Waals surface area contributed by atoms with Crippen LogP contribution in [0.1, 0.15) is 27.2 Å². The fraction of sp³-hybridized carbons (Fsp3) is 0.158. The van der Waals surface area contributed by atoms with Gasteiger partial charge in [-0.05, 0) is 62.7 Å². The van der Waals surface area contributed by atoms with Crippen LogP contribution in [0.25, 0.3) is 10.9 Å². The number of nitrogens with zero attached hydrogens (tertiary/aromatic N) is 1. The smallest absolute Gasteiger partial charge is 0.256 e. The third-order valence-electron chi connectivity index (χ3n) is 3.77. The summed E-state index contributed by atoms with van der Waals surface area (Å²) in [5.74, 6) is -0.540. The highest BCUT2D eigenvalue weighted by atomic mass is 19.1. The lowest BCUT2D eigenvalue weighted by Crippen LogP contribution is -2.14. The van der Waals surface area contributed by atoms with E-state index in [1.807, 2.05) is 32.0 Å². The summed E-state index contributed by atoms with van der Waals surface area (Å²) >= 11 is 0. The van der Waals surface area contributed by atoms with Gasteiger partial charge in [0, 0.05) is 16.8 Å². The molecule has 0 unspecified atom stereocenters. The van der Waals surface area contributed by atoms with Gasteiger partial charge in [-0.3, -0.25) is 9.78 Å². The Balaban J connectivity index is 2.05. The zero-order valence-corrected chi connectivity index (χ0v) is 13.3. The average Bonchev–Trinajstić information content (AvgIpc) is 2.49. The molecule has 4 heteroatoms. The molecule has 0 aliphatic heterocycles. The molecule has 0 fully saturated rings. The van der Waals surface area contributed by atoms with Crippen LogP contribution in [0.4, 0.5) is 10.1 Å². The van der Waals surface area contributed by atoms with E-state index < -0.39 is 0 Å². The molecule has 1 heterocycles. The van der Waals surface area contributed by atoms with E-state index in [4.69, 9.17) is 0 Å². The molecule has 3 aromatic rings. The van der Waals surface area contributed by atoms with Gasteiger partial charge in [-0.1, -0.05) is 11.6 Å². The highest BCUT2D eigenvalue weighted by Gasteiger charge is 2.13. The molecule has 0 aliphatic carbocycles. The Bertz CT molecular complexity index is 919. The van der Waals surface area contributed by atoms with Gasteiger partial charge in [0.05, 0.1) is 11.1 Å². The summed E-state index contributed by atoms with van der Waals surface area (Å²) in [7, 11) is 0. The van der Waals surface area contributed by atoms with Gasteiger partial charge >= 0.3 is 0 Å². The maximum atomic E-state index is 13.2. The second-order valence-corrected chi connectivity index (χ2v) is 5.75. The molecule has 1 amide bonds. The van der Waals surface area contributed by atoms with E-state index in [0.29, 0.717) is 16.8 Å². The Morgan fingerprint density at radius 3 is 2.57 bits per heavy atom. The number of hydrogen-bond acceptors (Lipinski definition) is 2. The number of nitrogens with one attached hydrogen (secondary N) is 1. The van der Waals surface area contributed by atoms with Crippen molar-refractivity contribution in [1.82, 2.24) is 4.98 Å². The number of hydrogen-bond donors (Lipinski definition) is 1. The zero-order chi connectivity index (χ0) is 16.6. The molecule has 0 radical (unpaired) electrons. The minimum absolute atomic E-state index is 0.221. The number of pyridine rings is 1. The second-order valence-electron chi connectivity index (χ2n) is 5.75. The maximum Gasteiger partial charge on any atom is 0.256 e. The lowest BCUT2D eigenvalue weighted by Gasteiger charge is -2.11. The van der Waals surface area contributed by atoms with Crippen molar-refractivity contribution < 1.29 is 9.18 Å². The van der Waals surface area contributed by atoms with Crippen molar-refractivity contribution in [3.05, 3.63) is 70.7 Å². The lowest BCUT2D eigenvalue weighted by molar-refractivity contribution is 0.102. The van der Waals surface area contributed by atoms with Crippen molar-refractivity contribution in [2.75, 3.05) is 5.32 Å². The zero-order valence-electron chi connectivity index (χ0n) is 13.3. The van der Waals surface area contributed by atoms with E-state index in [2.05, 4.69) is 10.3 Å². The standard InChI is InChI=1S/C19H17FN2O/c1-11-4-6-18-15(8-11)16(10-13(3)21-18)19(23)22-17-7-5-14(20)9-12(17)2/h4-10H,1-3H3,(H,22,23). The molecular weight excluding hydrogens is 291 g/mol. The summed E-state index contributed by atoms with van der Waals surface area (Å²) in [5, 5.41) is 3.67. The minimum Gasteiger partial charge on any atom is -0.322 e. The van der Waals surface area contributed by atoms with Crippen molar-refractivity contribution >= 4 is 22.5 Å². The van der Waals surface area contributed by atoms with Gasteiger partial charge in [0.1, 0.15) is 5.82 Å². The molecule has 2 aromatic carbocycles. The first-order valence-corrected chi connectivity index (χ1v) is 7.39. The molecule has 0 saturated carbocycles. The van der Waals surface area contributed by atoms with Gasteiger partial charge in [-0.15, -0.1) is 0 Å². The number of aromatic nitrogens is 1. The van der Waals surface area contributed by atoms with Crippen LogP contribution in [-0.2, 0) is 0 Å². The van der Waals surface area contributed by atoms with E-state index in [-0.39, 0.29) is 11.7 Å². The quantitative estimate of drug-likeness (QED) is 0.754. The van der Waals surface area contributed by atoms with Crippen molar-refractivity contribution in [1.29, 1.82) is 0 Å². The predicted molar refractivity (Wildman–Crippen MR) is 90.3 cm³/mol. The average molecular weight is 308 g/mol. The van der Waals surface area contributed by atoms with E-state index in [9.17, 15) is 9.18 Å². The summed E-state index contributed by atoms with van der Waals surface area (Å²) in [4.78, 5) is 17.2. The molecule has 0 saturated heterocycles. The number of anilines is 1. The Morgan fingerprint density at radius 2 is 1.83 bits per heavy atom. The summed E-state index contributed by atoms with van der Waals surface area (Å²) in [5.41, 5.74) is 4.49. The summed E-state index contributed by atoms with van der Waals surface area (Å²) in [6.45, 7) is 5.60. The van der Waals surface area contributed by atoms with Crippen LogP contribution >= 0.6 is 0 Å². The van der Waals surface area contributed by atoms with Gasteiger partial charge in [0.15, 0.2) is 0 Å². The maximum absolute atomic E-state index is 13.2. The summed E-state index contributed by atoms with van der Waals surface area (Å²) in [6, 6.07) is 11.9. The Hall–Kier alpha value is -2.75. The summed E-state index contributed by atoms with van der Waals surface area (Å²) < 4.78 is 13.2. The van der Waals surface area contributed by atoms with Crippen molar-refractivity contribution in [2.24, 2.45) is 0 Å². The summed E-state index contributed by atoms with van der Waals surface area (Å²) in [6.07, 6.45) is 0. The first-order valence-electron chi connectivity index (χ1n) is 7.39. The number of carbonyl (C=O) groups is 1. The SMILES string of the molecule is Cc1ccc2nc(C)cc(C(=O)Nc3ccc(F)cc3C)c2c1. The van der Waals surface area contributed by atoms with Crippen LogP contribution in [0, 0.1) is 26.6 Å². The number of fused-ring (bicyclic) bond motifs is 1. The number of rotatable bonds is 2. The normalized spacial score (nSPS) is 10.8. The number of benzene rings is 2. The molecule has 0 atom stereocenters. The van der Waals surface area contributed by atoms with Crippen molar-refractivity contribution in [2.45, 2.75) is 20.8 Å². The van der Waals surface area contributed by atoms with Gasteiger partial charge in [0.2, 0.25) is 0 Å². The van der Waals surface area contributed by atoms with Crippen LogP contribution in [0.3, 0.4) is 0 Å². The van der Waals surface area contributed by atoms with Crippen LogP contribution in [0.15, 0.2) is 42.5 Å². The molecule has 0 aliphatic rings. The van der Waals surface area contributed by atoms with E-state index in [0.717, 1.165) is 22.2 Å². The van der Waals surface area contributed by atoms with Gasteiger partial charge in [-0.25, -0.2) is 4.39 Å². The van der Waals surface area contributed by atoms with E-state index in [1.165, 1.54) is 12.1 Å². The molecular formula is C19H17FN2O. The van der Waals surface area contributed by atoms with E-state index >= 15 is 0 Å². The fourth-order valence-corrected chi connectivity index (χ4v) is 2.62. The molecule has 3 rings (SSSR count). The van der Waals surface area contributed by atoms with Crippen LogP contribution < -0.4 is 5.32 Å². The molecule has 0 spiro atoms. The monoisotopic (exact) mass is 308 g/mol. The highest BCUT2D eigenvalue weighted by molar-refractivity contribution is 6.12. The van der Waals surface area contributed by atoms with Gasteiger partial charge in [0.25, 0.3) is 5.91 Å². The Labute approximate surface area is 134 Å². The number of carbonyl (C=O) groups excluding carboxylic acids is 1. The largest absolute Gasteiger partial charge is 0.322 e. The second kappa shape index (κ2) is 5.80. The highest BCUT2D eigenvalue weighted by Crippen LogP contribution is 2.22. The molecule has 1 N–H and O–H groups in total. The first-order chi connectivity index (χ1) is 10.9. The Morgan fingerprint density at radius 1 is 1.04 bits per heavy atom. The molecule has 1 aromatic heterocycles. The van der Waals surface area contributed by atoms with Crippen LogP contribution in [0.5, 0.6) is 0 Å². The molecule has 3 nitrogen and oxygen atoms in total. The number of halogens is 1. The topological polar surface area (TPSA) is 42.0 Å². The van der Waals surface area contributed by atoms with Crippen LogP contribution in [0.2, 0.25) is 0 Å². The Kier molecular flexibility index (Phi) is 3.82. The fourth-order valence-electron chi connectivity index (χ4n) is 2.62. The molecule has 116 valence electrons. The lowest BCUT2D eigenvalue weighted by atomic mass is 10.0. The van der Waals surface area contributed by atoms with Crippen molar-refractivity contribution in [3.63, 3.8) is 0 Å². The van der Waals surface area contributed by atoms with Crippen molar-refractivity contribution in [3.8, 4) is 0 Å². The molecule has 0 bridgehead atoms. The molecule has 23 heavy (non-hydrogen) atoms. The first kappa shape index (κ1) is 15.2. The predicted octanol–water partition coefficient (Wildman–Crippen LogP) is 4.55.